The molecule has 88 valence electrons. The Labute approximate surface area is 113 Å². The van der Waals surface area contributed by atoms with Crippen molar-refractivity contribution in [2.24, 2.45) is 0 Å². The van der Waals surface area contributed by atoms with Crippen molar-refractivity contribution in [1.82, 2.24) is 15.0 Å². The van der Waals surface area contributed by atoms with E-state index in [0.717, 1.165) is 19.7 Å². The summed E-state index contributed by atoms with van der Waals surface area (Å²) in [5.41, 5.74) is 1.06. The summed E-state index contributed by atoms with van der Waals surface area (Å²) >= 11 is 3.34. The molecule has 0 amide bonds. The minimum absolute atomic E-state index is 0.995. The summed E-state index contributed by atoms with van der Waals surface area (Å²) in [7, 11) is 0. The average molecular weight is 271 g/mol. The Morgan fingerprint density at radius 1 is 0.944 bits per heavy atom. The molecule has 0 unspecified atom stereocenters. The van der Waals surface area contributed by atoms with Crippen LogP contribution in [-0.4, -0.2) is 15.0 Å². The molecule has 0 radical (unpaired) electrons. The summed E-state index contributed by atoms with van der Waals surface area (Å²) in [6, 6.07) is 7.92. The molecule has 0 aliphatic carbocycles. The van der Waals surface area contributed by atoms with Gasteiger partial charge in [0.05, 0.1) is 10.4 Å². The van der Waals surface area contributed by atoms with Gasteiger partial charge in [-0.25, -0.2) is 4.98 Å². The number of pyridine rings is 2. The first-order chi connectivity index (χ1) is 8.92. The molecule has 3 heterocycles. The third kappa shape index (κ3) is 2.57. The number of nitrogens with zero attached hydrogens (tertiary/aromatic N) is 3. The molecule has 5 heteroatoms. The predicted molar refractivity (Wildman–Crippen MR) is 73.7 cm³/mol. The second kappa shape index (κ2) is 5.29. The van der Waals surface area contributed by atoms with Gasteiger partial charge in [0.1, 0.15) is 5.01 Å². The van der Waals surface area contributed by atoms with E-state index in [-0.39, 0.29) is 0 Å². The Morgan fingerprint density at radius 2 is 1.78 bits per heavy atom. The lowest BCUT2D eigenvalue weighted by atomic mass is 10.3. The van der Waals surface area contributed by atoms with Crippen LogP contribution >= 0.6 is 23.1 Å². The molecule has 0 atom stereocenters. The van der Waals surface area contributed by atoms with Gasteiger partial charge in [-0.3, -0.25) is 9.97 Å². The van der Waals surface area contributed by atoms with Crippen molar-refractivity contribution in [3.05, 3.63) is 55.2 Å². The van der Waals surface area contributed by atoms with Crippen LogP contribution in [0.5, 0.6) is 0 Å². The normalized spacial score (nSPS) is 10.4. The van der Waals surface area contributed by atoms with E-state index in [1.165, 1.54) is 0 Å². The van der Waals surface area contributed by atoms with E-state index in [0.29, 0.717) is 0 Å². The molecule has 3 aromatic heterocycles. The van der Waals surface area contributed by atoms with Gasteiger partial charge >= 0.3 is 0 Å². The molecule has 0 aromatic carbocycles. The second-order valence-electron chi connectivity index (χ2n) is 3.52. The Bertz CT molecular complexity index is 623. The number of rotatable bonds is 3. The molecule has 0 aliphatic heterocycles. The van der Waals surface area contributed by atoms with E-state index >= 15 is 0 Å². The third-order valence-corrected chi connectivity index (χ3v) is 4.37. The van der Waals surface area contributed by atoms with Gasteiger partial charge in [0.2, 0.25) is 0 Å². The SMILES string of the molecule is c1cncc(Sc2cnc(-c3cccnc3)s2)c1. The van der Waals surface area contributed by atoms with Crippen molar-refractivity contribution in [3.8, 4) is 10.6 Å². The monoisotopic (exact) mass is 271 g/mol. The Kier molecular flexibility index (Phi) is 3.34. The van der Waals surface area contributed by atoms with Crippen molar-refractivity contribution in [1.29, 1.82) is 0 Å². The lowest BCUT2D eigenvalue weighted by Gasteiger charge is -1.95. The number of hydrogen-bond acceptors (Lipinski definition) is 5. The summed E-state index contributed by atoms with van der Waals surface area (Å²) in [6.45, 7) is 0. The van der Waals surface area contributed by atoms with E-state index in [1.807, 2.05) is 42.9 Å². The number of hydrogen-bond donors (Lipinski definition) is 0. The van der Waals surface area contributed by atoms with Gasteiger partial charge < -0.3 is 0 Å². The maximum atomic E-state index is 4.42. The van der Waals surface area contributed by atoms with Crippen molar-refractivity contribution in [3.63, 3.8) is 0 Å². The molecular formula is C13H9N3S2. The van der Waals surface area contributed by atoms with E-state index in [4.69, 9.17) is 0 Å². The molecule has 0 saturated carbocycles. The molecule has 3 rings (SSSR count). The molecule has 0 fully saturated rings. The highest BCUT2D eigenvalue weighted by Crippen LogP contribution is 2.34. The minimum Gasteiger partial charge on any atom is -0.264 e. The summed E-state index contributed by atoms with van der Waals surface area (Å²) < 4.78 is 1.15. The molecule has 0 saturated heterocycles. The van der Waals surface area contributed by atoms with E-state index < -0.39 is 0 Å². The van der Waals surface area contributed by atoms with Crippen LogP contribution in [0.25, 0.3) is 10.6 Å². The maximum absolute atomic E-state index is 4.42. The summed E-state index contributed by atoms with van der Waals surface area (Å²) in [5.74, 6) is 0. The minimum atomic E-state index is 0.995. The predicted octanol–water partition coefficient (Wildman–Crippen LogP) is 3.75. The highest BCUT2D eigenvalue weighted by molar-refractivity contribution is 8.01. The van der Waals surface area contributed by atoms with Crippen molar-refractivity contribution in [2.45, 2.75) is 9.10 Å². The highest BCUT2D eigenvalue weighted by atomic mass is 32.2. The molecule has 3 aromatic rings. The molecule has 0 bridgehead atoms. The topological polar surface area (TPSA) is 38.7 Å². The van der Waals surface area contributed by atoms with Crippen molar-refractivity contribution < 1.29 is 0 Å². The fraction of sp³-hybridized carbons (Fsp3) is 0. The zero-order chi connectivity index (χ0) is 12.2. The fourth-order valence-electron chi connectivity index (χ4n) is 1.45. The quantitative estimate of drug-likeness (QED) is 0.727. The lowest BCUT2D eigenvalue weighted by molar-refractivity contribution is 1.24. The van der Waals surface area contributed by atoms with Crippen LogP contribution < -0.4 is 0 Å². The van der Waals surface area contributed by atoms with Gasteiger partial charge in [0, 0.05) is 35.2 Å². The van der Waals surface area contributed by atoms with Gasteiger partial charge in [0.15, 0.2) is 0 Å². The number of aromatic nitrogens is 3. The lowest BCUT2D eigenvalue weighted by Crippen LogP contribution is -1.75. The molecule has 0 spiro atoms. The Hall–Kier alpha value is -1.72. The zero-order valence-electron chi connectivity index (χ0n) is 9.35. The van der Waals surface area contributed by atoms with Crippen LogP contribution in [0.2, 0.25) is 0 Å². The third-order valence-electron chi connectivity index (χ3n) is 2.25. The van der Waals surface area contributed by atoms with Crippen LogP contribution in [0.1, 0.15) is 0 Å². The average Bonchev–Trinajstić information content (AvgIpc) is 2.89. The second-order valence-corrected chi connectivity index (χ2v) is 5.92. The highest BCUT2D eigenvalue weighted by Gasteiger charge is 2.05. The van der Waals surface area contributed by atoms with Crippen molar-refractivity contribution in [2.75, 3.05) is 0 Å². The van der Waals surface area contributed by atoms with Crippen LogP contribution in [0.15, 0.2) is 64.4 Å². The standard InChI is InChI=1S/C13H9N3S2/c1-3-10(7-14-5-1)13-16-9-12(18-13)17-11-4-2-6-15-8-11/h1-9H. The van der Waals surface area contributed by atoms with Gasteiger partial charge in [-0.05, 0) is 24.3 Å². The van der Waals surface area contributed by atoms with Gasteiger partial charge in [-0.2, -0.15) is 0 Å². The zero-order valence-corrected chi connectivity index (χ0v) is 11.0. The molecule has 3 nitrogen and oxygen atoms in total. The Morgan fingerprint density at radius 3 is 2.50 bits per heavy atom. The van der Waals surface area contributed by atoms with Crippen LogP contribution in [-0.2, 0) is 0 Å². The fourth-order valence-corrected chi connectivity index (χ4v) is 3.38. The van der Waals surface area contributed by atoms with Crippen LogP contribution in [0, 0.1) is 0 Å². The first kappa shape index (κ1) is 11.4. The van der Waals surface area contributed by atoms with Gasteiger partial charge in [0.25, 0.3) is 0 Å². The van der Waals surface area contributed by atoms with Crippen LogP contribution in [0.4, 0.5) is 0 Å². The maximum Gasteiger partial charge on any atom is 0.125 e. The largest absolute Gasteiger partial charge is 0.264 e. The molecule has 0 N–H and O–H groups in total. The summed E-state index contributed by atoms with van der Waals surface area (Å²) in [6.07, 6.45) is 9.12. The van der Waals surface area contributed by atoms with E-state index in [9.17, 15) is 0 Å². The Balaban J connectivity index is 1.82. The first-order valence-electron chi connectivity index (χ1n) is 5.36. The number of thiazole rings is 1. The van der Waals surface area contributed by atoms with E-state index in [2.05, 4.69) is 15.0 Å². The van der Waals surface area contributed by atoms with Gasteiger partial charge in [-0.15, -0.1) is 11.3 Å². The molecule has 18 heavy (non-hydrogen) atoms. The molecule has 0 aliphatic rings. The molecular weight excluding hydrogens is 262 g/mol. The van der Waals surface area contributed by atoms with Gasteiger partial charge in [-0.1, -0.05) is 11.8 Å². The summed E-state index contributed by atoms with van der Waals surface area (Å²) in [5, 5.41) is 0.995. The first-order valence-corrected chi connectivity index (χ1v) is 6.99. The van der Waals surface area contributed by atoms with Crippen LogP contribution in [0.3, 0.4) is 0 Å². The van der Waals surface area contributed by atoms with E-state index in [1.54, 1.807) is 35.5 Å². The summed E-state index contributed by atoms with van der Waals surface area (Å²) in [4.78, 5) is 13.7. The smallest absolute Gasteiger partial charge is 0.125 e. The van der Waals surface area contributed by atoms with Crippen molar-refractivity contribution >= 4 is 23.1 Å².